The summed E-state index contributed by atoms with van der Waals surface area (Å²) in [6.07, 6.45) is 5.01. The van der Waals surface area contributed by atoms with E-state index < -0.39 is 0 Å². The summed E-state index contributed by atoms with van der Waals surface area (Å²) in [6.45, 7) is 2.86. The number of rotatable bonds is 5. The van der Waals surface area contributed by atoms with Crippen molar-refractivity contribution in [3.63, 3.8) is 0 Å². The highest BCUT2D eigenvalue weighted by molar-refractivity contribution is 6.29. The van der Waals surface area contributed by atoms with Gasteiger partial charge in [-0.25, -0.2) is 14.6 Å². The fourth-order valence-corrected chi connectivity index (χ4v) is 2.29. The first-order chi connectivity index (χ1) is 10.7. The molecule has 0 spiro atoms. The first kappa shape index (κ1) is 14.7. The van der Waals surface area contributed by atoms with Gasteiger partial charge in [-0.3, -0.25) is 0 Å². The highest BCUT2D eigenvalue weighted by Crippen LogP contribution is 2.15. The van der Waals surface area contributed by atoms with Gasteiger partial charge in [-0.2, -0.15) is 5.10 Å². The molecular formula is C16H16ClN5. The van der Waals surface area contributed by atoms with E-state index in [1.807, 2.05) is 18.2 Å². The topological polar surface area (TPSA) is 55.6 Å². The van der Waals surface area contributed by atoms with Crippen molar-refractivity contribution in [1.29, 1.82) is 0 Å². The summed E-state index contributed by atoms with van der Waals surface area (Å²) in [7, 11) is 0. The Morgan fingerprint density at radius 3 is 2.91 bits per heavy atom. The predicted octanol–water partition coefficient (Wildman–Crippen LogP) is 3.17. The van der Waals surface area contributed by atoms with Crippen LogP contribution in [0, 0.1) is 0 Å². The van der Waals surface area contributed by atoms with Crippen LogP contribution in [0.5, 0.6) is 0 Å². The summed E-state index contributed by atoms with van der Waals surface area (Å²) in [5, 5.41) is 8.13. The van der Waals surface area contributed by atoms with Gasteiger partial charge in [-0.05, 0) is 36.2 Å². The summed E-state index contributed by atoms with van der Waals surface area (Å²) in [6, 6.07) is 12.2. The van der Waals surface area contributed by atoms with Crippen LogP contribution in [0.4, 0.5) is 0 Å². The van der Waals surface area contributed by atoms with Crippen LogP contribution in [0.3, 0.4) is 0 Å². The molecule has 0 amide bonds. The second-order valence-corrected chi connectivity index (χ2v) is 5.41. The molecule has 0 fully saturated rings. The van der Waals surface area contributed by atoms with Gasteiger partial charge in [-0.1, -0.05) is 29.8 Å². The van der Waals surface area contributed by atoms with E-state index in [2.05, 4.69) is 39.4 Å². The molecule has 0 aliphatic rings. The summed E-state index contributed by atoms with van der Waals surface area (Å²) >= 11 is 5.81. The van der Waals surface area contributed by atoms with E-state index in [1.54, 1.807) is 23.3 Å². The molecule has 0 bridgehead atoms. The molecule has 0 radical (unpaired) electrons. The van der Waals surface area contributed by atoms with Crippen molar-refractivity contribution < 1.29 is 0 Å². The molecule has 3 rings (SSSR count). The van der Waals surface area contributed by atoms with Gasteiger partial charge in [0.05, 0.1) is 5.69 Å². The highest BCUT2D eigenvalue weighted by atomic mass is 35.5. The largest absolute Gasteiger partial charge is 0.306 e. The average molecular weight is 314 g/mol. The van der Waals surface area contributed by atoms with Crippen LogP contribution in [-0.2, 0) is 6.54 Å². The van der Waals surface area contributed by atoms with Gasteiger partial charge in [0.2, 0.25) is 0 Å². The molecule has 22 heavy (non-hydrogen) atoms. The molecule has 2 heterocycles. The Hall–Kier alpha value is -2.24. The first-order valence-corrected chi connectivity index (χ1v) is 7.39. The van der Waals surface area contributed by atoms with Crippen LogP contribution in [0.1, 0.15) is 24.1 Å². The number of nitrogens with one attached hydrogen (secondary N) is 1. The molecule has 1 atom stereocenters. The fourth-order valence-electron chi connectivity index (χ4n) is 2.18. The normalized spacial score (nSPS) is 12.3. The van der Waals surface area contributed by atoms with E-state index >= 15 is 0 Å². The van der Waals surface area contributed by atoms with Gasteiger partial charge in [0.1, 0.15) is 17.8 Å². The summed E-state index contributed by atoms with van der Waals surface area (Å²) in [5.41, 5.74) is 3.29. The third-order valence-corrected chi connectivity index (χ3v) is 3.68. The maximum absolute atomic E-state index is 5.81. The Bertz CT molecular complexity index is 725. The lowest BCUT2D eigenvalue weighted by Crippen LogP contribution is -2.18. The maximum Gasteiger partial charge on any atom is 0.138 e. The van der Waals surface area contributed by atoms with Crippen molar-refractivity contribution in [2.45, 2.75) is 19.5 Å². The Balaban J connectivity index is 1.66. The zero-order chi connectivity index (χ0) is 15.4. The zero-order valence-corrected chi connectivity index (χ0v) is 12.9. The van der Waals surface area contributed by atoms with Crippen molar-refractivity contribution >= 4 is 11.6 Å². The second kappa shape index (κ2) is 6.68. The molecule has 1 aromatic carbocycles. The minimum Gasteiger partial charge on any atom is -0.306 e. The van der Waals surface area contributed by atoms with Gasteiger partial charge in [0.25, 0.3) is 0 Å². The van der Waals surface area contributed by atoms with E-state index in [-0.39, 0.29) is 6.04 Å². The van der Waals surface area contributed by atoms with Crippen molar-refractivity contribution in [3.05, 3.63) is 71.5 Å². The molecule has 2 aromatic heterocycles. The third kappa shape index (κ3) is 3.50. The lowest BCUT2D eigenvalue weighted by atomic mass is 10.1. The SMILES string of the molecule is CC(NCc1cccc(-n2cncn2)c1)c1ccc(Cl)nc1. The summed E-state index contributed by atoms with van der Waals surface area (Å²) in [5.74, 6) is 0. The van der Waals surface area contributed by atoms with E-state index in [9.17, 15) is 0 Å². The monoisotopic (exact) mass is 313 g/mol. The van der Waals surface area contributed by atoms with Crippen LogP contribution in [-0.4, -0.2) is 19.7 Å². The zero-order valence-electron chi connectivity index (χ0n) is 12.1. The van der Waals surface area contributed by atoms with Gasteiger partial charge in [-0.15, -0.1) is 0 Å². The van der Waals surface area contributed by atoms with E-state index in [4.69, 9.17) is 11.6 Å². The van der Waals surface area contributed by atoms with E-state index in [0.29, 0.717) is 5.15 Å². The number of hydrogen-bond acceptors (Lipinski definition) is 4. The molecule has 0 aliphatic carbocycles. The van der Waals surface area contributed by atoms with Gasteiger partial charge >= 0.3 is 0 Å². The van der Waals surface area contributed by atoms with Crippen molar-refractivity contribution in [2.24, 2.45) is 0 Å². The average Bonchev–Trinajstić information content (AvgIpc) is 3.08. The molecule has 3 aromatic rings. The first-order valence-electron chi connectivity index (χ1n) is 7.01. The van der Waals surface area contributed by atoms with Crippen molar-refractivity contribution in [3.8, 4) is 5.69 Å². The lowest BCUT2D eigenvalue weighted by molar-refractivity contribution is 0.573. The van der Waals surface area contributed by atoms with Crippen LogP contribution in [0.2, 0.25) is 5.15 Å². The Morgan fingerprint density at radius 2 is 2.18 bits per heavy atom. The van der Waals surface area contributed by atoms with Gasteiger partial charge in [0.15, 0.2) is 0 Å². The maximum atomic E-state index is 5.81. The van der Waals surface area contributed by atoms with Crippen molar-refractivity contribution in [1.82, 2.24) is 25.1 Å². The molecule has 0 saturated carbocycles. The number of benzene rings is 1. The molecule has 0 aliphatic heterocycles. The summed E-state index contributed by atoms with van der Waals surface area (Å²) < 4.78 is 1.75. The number of nitrogens with zero attached hydrogens (tertiary/aromatic N) is 4. The molecule has 5 nitrogen and oxygen atoms in total. The Labute approximate surface area is 134 Å². The van der Waals surface area contributed by atoms with Crippen molar-refractivity contribution in [2.75, 3.05) is 0 Å². The number of hydrogen-bond donors (Lipinski definition) is 1. The minimum absolute atomic E-state index is 0.194. The quantitative estimate of drug-likeness (QED) is 0.735. The van der Waals surface area contributed by atoms with Crippen LogP contribution >= 0.6 is 11.6 Å². The highest BCUT2D eigenvalue weighted by Gasteiger charge is 2.06. The molecule has 0 saturated heterocycles. The molecule has 112 valence electrons. The smallest absolute Gasteiger partial charge is 0.138 e. The number of aromatic nitrogens is 4. The van der Waals surface area contributed by atoms with Gasteiger partial charge in [0, 0.05) is 18.8 Å². The molecule has 1 N–H and O–H groups in total. The Kier molecular flexibility index (Phi) is 4.46. The summed E-state index contributed by atoms with van der Waals surface area (Å²) in [4.78, 5) is 8.08. The standard InChI is InChI=1S/C16H16ClN5/c1-12(14-5-6-16(17)20-9-14)19-8-13-3-2-4-15(7-13)22-11-18-10-21-22/h2-7,9-12,19H,8H2,1H3. The number of pyridine rings is 1. The third-order valence-electron chi connectivity index (χ3n) is 3.46. The second-order valence-electron chi connectivity index (χ2n) is 5.03. The van der Waals surface area contributed by atoms with Crippen LogP contribution < -0.4 is 5.32 Å². The van der Waals surface area contributed by atoms with Gasteiger partial charge < -0.3 is 5.32 Å². The van der Waals surface area contributed by atoms with E-state index in [1.165, 1.54) is 11.9 Å². The van der Waals surface area contributed by atoms with Crippen LogP contribution in [0.25, 0.3) is 5.69 Å². The predicted molar refractivity (Wildman–Crippen MR) is 85.9 cm³/mol. The number of halogens is 1. The van der Waals surface area contributed by atoms with E-state index in [0.717, 1.165) is 17.8 Å². The molecular weight excluding hydrogens is 298 g/mol. The van der Waals surface area contributed by atoms with Crippen LogP contribution in [0.15, 0.2) is 55.2 Å². The minimum atomic E-state index is 0.194. The Morgan fingerprint density at radius 1 is 1.27 bits per heavy atom. The lowest BCUT2D eigenvalue weighted by Gasteiger charge is -2.14. The molecule has 1 unspecified atom stereocenters. The fraction of sp³-hybridized carbons (Fsp3) is 0.188. The molecule has 6 heteroatoms.